The van der Waals surface area contributed by atoms with E-state index in [2.05, 4.69) is 16.0 Å². The first-order valence-electron chi connectivity index (χ1n) is 15.3. The minimum Gasteiger partial charge on any atom is -0.444 e. The highest BCUT2D eigenvalue weighted by Crippen LogP contribution is 2.21. The highest BCUT2D eigenvalue weighted by molar-refractivity contribution is 6.12. The third-order valence-electron chi connectivity index (χ3n) is 6.94. The van der Waals surface area contributed by atoms with Gasteiger partial charge in [-0.15, -0.1) is 0 Å². The predicted molar refractivity (Wildman–Crippen MR) is 160 cm³/mol. The number of methoxy groups -OCH3 is 1. The summed E-state index contributed by atoms with van der Waals surface area (Å²) in [5, 5.41) is 8.43. The molecule has 2 rings (SSSR count). The Hall–Kier alpha value is -3.52. The van der Waals surface area contributed by atoms with Crippen molar-refractivity contribution in [1.29, 1.82) is 0 Å². The molecule has 2 heterocycles. The Labute approximate surface area is 259 Å². The Morgan fingerprint density at radius 2 is 1.59 bits per heavy atom. The molecule has 2 unspecified atom stereocenters. The number of hydrogen-bond donors (Lipinski definition) is 3. The van der Waals surface area contributed by atoms with Gasteiger partial charge in [0.25, 0.3) is 11.8 Å². The van der Waals surface area contributed by atoms with E-state index in [1.165, 1.54) is 22.0 Å². The summed E-state index contributed by atoms with van der Waals surface area (Å²) in [5.41, 5.74) is -0.582. The summed E-state index contributed by atoms with van der Waals surface area (Å²) in [4.78, 5) is 76.6. The third-order valence-corrected chi connectivity index (χ3v) is 6.94. The van der Waals surface area contributed by atoms with Gasteiger partial charge in [0, 0.05) is 64.3 Å². The lowest BCUT2D eigenvalue weighted by Gasteiger charge is -2.24. The molecule has 248 valence electrons. The average Bonchev–Trinajstić information content (AvgIpc) is 3.51. The van der Waals surface area contributed by atoms with Crippen molar-refractivity contribution in [2.45, 2.75) is 89.8 Å². The number of nitrogens with zero attached hydrogens (tertiary/aromatic N) is 2. The highest BCUT2D eigenvalue weighted by Gasteiger charge is 2.39. The van der Waals surface area contributed by atoms with Crippen molar-refractivity contribution in [3.05, 3.63) is 12.2 Å². The summed E-state index contributed by atoms with van der Waals surface area (Å²) < 4.78 is 15.5. The molecule has 2 aliphatic heterocycles. The molecule has 0 aromatic carbocycles. The molecule has 1 fully saturated rings. The van der Waals surface area contributed by atoms with E-state index in [0.717, 1.165) is 0 Å². The number of carbonyl (C=O) groups excluding carboxylic acids is 6. The van der Waals surface area contributed by atoms with Gasteiger partial charge < -0.3 is 35.1 Å². The lowest BCUT2D eigenvalue weighted by molar-refractivity contribution is -0.138. The molecule has 0 aromatic rings. The molecule has 1 saturated heterocycles. The number of nitrogens with one attached hydrogen (secondary N) is 3. The second-order valence-electron chi connectivity index (χ2n) is 11.8. The standard InChI is InChI=1S/C30H49N5O9/c1-30(2,3)44-29(41)32-14-8-7-10-24(36)33-22-20-23(28(40)31-15-17-43-19-18-42-4)35(21-22)25(37)11-6-5-9-16-34-26(38)12-13-27(34)39/h12-13,22-23H,5-11,14-21H2,1-4H3,(H,31,40)(H,32,41)(H,33,36). The van der Waals surface area contributed by atoms with E-state index in [1.54, 1.807) is 27.9 Å². The Kier molecular flexibility index (Phi) is 15.8. The molecule has 0 bridgehead atoms. The van der Waals surface area contributed by atoms with Crippen LogP contribution in [-0.2, 0) is 38.2 Å². The number of imide groups is 1. The van der Waals surface area contributed by atoms with E-state index < -0.39 is 17.7 Å². The summed E-state index contributed by atoms with van der Waals surface area (Å²) in [7, 11) is 1.57. The van der Waals surface area contributed by atoms with Crippen LogP contribution in [0, 0.1) is 0 Å². The lowest BCUT2D eigenvalue weighted by atomic mass is 10.1. The van der Waals surface area contributed by atoms with E-state index in [-0.39, 0.29) is 61.5 Å². The van der Waals surface area contributed by atoms with Crippen LogP contribution in [0.2, 0.25) is 0 Å². The van der Waals surface area contributed by atoms with Crippen LogP contribution in [0.5, 0.6) is 0 Å². The molecule has 14 heteroatoms. The van der Waals surface area contributed by atoms with Crippen molar-refractivity contribution >= 4 is 35.6 Å². The molecule has 0 spiro atoms. The molecular formula is C30H49N5O9. The molecule has 6 amide bonds. The molecular weight excluding hydrogens is 574 g/mol. The van der Waals surface area contributed by atoms with E-state index in [1.807, 2.05) is 0 Å². The topological polar surface area (TPSA) is 173 Å². The Morgan fingerprint density at radius 3 is 2.27 bits per heavy atom. The molecule has 2 aliphatic rings. The smallest absolute Gasteiger partial charge is 0.407 e. The number of alkyl carbamates (subject to hydrolysis) is 1. The quantitative estimate of drug-likeness (QED) is 0.140. The normalized spacial score (nSPS) is 18.1. The minimum absolute atomic E-state index is 0.187. The van der Waals surface area contributed by atoms with Crippen LogP contribution in [0.15, 0.2) is 12.2 Å². The summed E-state index contributed by atoms with van der Waals surface area (Å²) in [6.45, 7) is 7.67. The SMILES string of the molecule is COCCOCCNC(=O)C1CC(NC(=O)CCCCNC(=O)OC(C)(C)C)CN1C(=O)CCCCCN1C(=O)C=CC1=O. The van der Waals surface area contributed by atoms with E-state index in [4.69, 9.17) is 14.2 Å². The fourth-order valence-electron chi connectivity index (χ4n) is 4.81. The molecule has 2 atom stereocenters. The van der Waals surface area contributed by atoms with E-state index in [9.17, 15) is 28.8 Å². The Balaban J connectivity index is 1.80. The molecule has 0 saturated carbocycles. The monoisotopic (exact) mass is 623 g/mol. The largest absolute Gasteiger partial charge is 0.444 e. The van der Waals surface area contributed by atoms with Gasteiger partial charge in [-0.1, -0.05) is 6.42 Å². The van der Waals surface area contributed by atoms with Gasteiger partial charge >= 0.3 is 6.09 Å². The highest BCUT2D eigenvalue weighted by atomic mass is 16.6. The Morgan fingerprint density at radius 1 is 0.886 bits per heavy atom. The van der Waals surface area contributed by atoms with Gasteiger partial charge in [0.05, 0.1) is 19.8 Å². The molecule has 0 radical (unpaired) electrons. The summed E-state index contributed by atoms with van der Waals surface area (Å²) in [6, 6.07) is -1.10. The van der Waals surface area contributed by atoms with Gasteiger partial charge in [0.2, 0.25) is 17.7 Å². The fourth-order valence-corrected chi connectivity index (χ4v) is 4.81. The number of amides is 6. The van der Waals surface area contributed by atoms with Crippen molar-refractivity contribution in [2.24, 2.45) is 0 Å². The van der Waals surface area contributed by atoms with Crippen molar-refractivity contribution < 1.29 is 43.0 Å². The lowest BCUT2D eigenvalue weighted by Crippen LogP contribution is -2.46. The van der Waals surface area contributed by atoms with Crippen LogP contribution in [0.25, 0.3) is 0 Å². The first kappa shape index (κ1) is 36.7. The zero-order valence-electron chi connectivity index (χ0n) is 26.5. The number of hydrogen-bond acceptors (Lipinski definition) is 9. The molecule has 0 aliphatic carbocycles. The summed E-state index contributed by atoms with van der Waals surface area (Å²) in [6.07, 6.45) is 5.62. The van der Waals surface area contributed by atoms with E-state index in [0.29, 0.717) is 71.4 Å². The maximum Gasteiger partial charge on any atom is 0.407 e. The maximum absolute atomic E-state index is 13.2. The van der Waals surface area contributed by atoms with Crippen LogP contribution in [0.3, 0.4) is 0 Å². The van der Waals surface area contributed by atoms with Crippen LogP contribution in [0.4, 0.5) is 4.79 Å². The van der Waals surface area contributed by atoms with E-state index >= 15 is 0 Å². The number of ether oxygens (including phenoxy) is 3. The minimum atomic E-state index is -0.726. The first-order chi connectivity index (χ1) is 20.9. The zero-order chi connectivity index (χ0) is 32.5. The summed E-state index contributed by atoms with van der Waals surface area (Å²) >= 11 is 0. The van der Waals surface area contributed by atoms with Crippen molar-refractivity contribution in [3.8, 4) is 0 Å². The second kappa shape index (κ2) is 19.0. The van der Waals surface area contributed by atoms with Crippen LogP contribution in [0.1, 0.15) is 72.1 Å². The molecule has 0 aromatic heterocycles. The zero-order valence-corrected chi connectivity index (χ0v) is 26.5. The molecule has 14 nitrogen and oxygen atoms in total. The number of carbonyl (C=O) groups is 6. The average molecular weight is 624 g/mol. The fraction of sp³-hybridized carbons (Fsp3) is 0.733. The first-order valence-corrected chi connectivity index (χ1v) is 15.3. The van der Waals surface area contributed by atoms with Gasteiger partial charge in [-0.25, -0.2) is 4.79 Å². The molecule has 3 N–H and O–H groups in total. The van der Waals surface area contributed by atoms with Crippen LogP contribution >= 0.6 is 0 Å². The number of rotatable bonds is 19. The third kappa shape index (κ3) is 13.8. The number of unbranched alkanes of at least 4 members (excludes halogenated alkanes) is 3. The van der Waals surface area contributed by atoms with Gasteiger partial charge in [-0.3, -0.25) is 28.9 Å². The van der Waals surface area contributed by atoms with Crippen molar-refractivity contribution in [1.82, 2.24) is 25.8 Å². The number of likely N-dealkylation sites (tertiary alicyclic amines) is 1. The molecule has 44 heavy (non-hydrogen) atoms. The van der Waals surface area contributed by atoms with Crippen molar-refractivity contribution in [3.63, 3.8) is 0 Å². The van der Waals surface area contributed by atoms with Gasteiger partial charge in [0.15, 0.2) is 0 Å². The van der Waals surface area contributed by atoms with Crippen LogP contribution in [-0.4, -0.2) is 116 Å². The van der Waals surface area contributed by atoms with Gasteiger partial charge in [-0.05, 0) is 52.9 Å². The maximum atomic E-state index is 13.2. The second-order valence-corrected chi connectivity index (χ2v) is 11.8. The van der Waals surface area contributed by atoms with Gasteiger partial charge in [0.1, 0.15) is 11.6 Å². The predicted octanol–water partition coefficient (Wildman–Crippen LogP) is 1.03. The van der Waals surface area contributed by atoms with Gasteiger partial charge in [-0.2, -0.15) is 0 Å². The van der Waals surface area contributed by atoms with Crippen LogP contribution < -0.4 is 16.0 Å². The summed E-state index contributed by atoms with van der Waals surface area (Å²) in [5.74, 6) is -1.34. The van der Waals surface area contributed by atoms with Crippen molar-refractivity contribution in [2.75, 3.05) is 53.1 Å². The Bertz CT molecular complexity index is 1010.